The number of β-lactam (4-membered cyclic amide) rings is 1. The van der Waals surface area contributed by atoms with Crippen molar-refractivity contribution in [1.29, 1.82) is 0 Å². The van der Waals surface area contributed by atoms with E-state index < -0.39 is 35.8 Å². The van der Waals surface area contributed by atoms with E-state index in [-0.39, 0.29) is 33.9 Å². The van der Waals surface area contributed by atoms with Crippen LogP contribution in [0.2, 0.25) is 0 Å². The minimum absolute atomic E-state index is 0.132. The molecule has 0 spiro atoms. The summed E-state index contributed by atoms with van der Waals surface area (Å²) in [4.78, 5) is 59.8. The van der Waals surface area contributed by atoms with E-state index in [1.54, 1.807) is 7.05 Å². The van der Waals surface area contributed by atoms with Crippen molar-refractivity contribution in [2.24, 2.45) is 12.2 Å². The summed E-state index contributed by atoms with van der Waals surface area (Å²) in [6, 6.07) is -1.58. The molecule has 0 radical (unpaired) electrons. The number of aliphatic carboxylic acids is 1. The number of nitrogens with zero attached hydrogens (tertiary/aromatic N) is 7. The van der Waals surface area contributed by atoms with Crippen LogP contribution in [0.4, 0.5) is 11.1 Å². The lowest BCUT2D eigenvalue weighted by molar-refractivity contribution is -0.153. The first kappa shape index (κ1) is 25.4. The highest BCUT2D eigenvalue weighted by Crippen LogP contribution is 2.43. The van der Waals surface area contributed by atoms with Gasteiger partial charge >= 0.3 is 5.97 Å². The molecule has 2 atom stereocenters. The molecule has 2 aliphatic heterocycles. The van der Waals surface area contributed by atoms with Crippen LogP contribution in [0.5, 0.6) is 0 Å². The number of hydrogen-bond acceptors (Lipinski definition) is 14. The Labute approximate surface area is 214 Å². The van der Waals surface area contributed by atoms with E-state index in [9.17, 15) is 24.3 Å². The monoisotopic (exact) mass is 554 g/mol. The van der Waals surface area contributed by atoms with Crippen LogP contribution in [0.25, 0.3) is 0 Å². The summed E-state index contributed by atoms with van der Waals surface area (Å²) < 4.78 is 1.56. The number of aromatic nitrogens is 5. The highest BCUT2D eigenvalue weighted by Gasteiger charge is 2.54. The van der Waals surface area contributed by atoms with E-state index in [0.717, 1.165) is 28.0 Å². The standard InChI is InChI=1S/C17H18N10O6S3/c1-26-17(22-24-25-26)20-8(28)5-35-15-11(14(31)32)27-7(4-34-15)10(13(27)30)21-12(29)9(23-33-2)6-3-36-16(18)19-6/h3,7,10H,4-5H2,1-2H3,(H2,18,19)(H,21,29)(H,31,32)(H,20,22,25,28). The van der Waals surface area contributed by atoms with Crippen LogP contribution >= 0.6 is 34.9 Å². The SMILES string of the molecule is CON=C(C(=O)NC1C(=O)N2C(C(=O)O)=C(SCC(=O)Nc3nnnn3C)SCC12)c1csc(N)n1. The Morgan fingerprint density at radius 3 is 2.81 bits per heavy atom. The fraction of sp³-hybridized carbons (Fsp3) is 0.353. The van der Waals surface area contributed by atoms with Crippen molar-refractivity contribution in [2.75, 3.05) is 29.7 Å². The first-order valence-electron chi connectivity index (χ1n) is 9.93. The second kappa shape index (κ2) is 10.5. The van der Waals surface area contributed by atoms with Crippen molar-refractivity contribution >= 4 is 75.3 Å². The topological polar surface area (TPSA) is 220 Å². The highest BCUT2D eigenvalue weighted by atomic mass is 32.2. The molecule has 3 amide bonds. The van der Waals surface area contributed by atoms with Gasteiger partial charge in [0.15, 0.2) is 16.5 Å². The number of aryl methyl sites for hydroxylation is 1. The Bertz CT molecular complexity index is 1290. The molecule has 2 aromatic rings. The van der Waals surface area contributed by atoms with Crippen LogP contribution in [0.1, 0.15) is 5.69 Å². The zero-order valence-electron chi connectivity index (χ0n) is 18.6. The number of carbonyl (C=O) groups is 4. The summed E-state index contributed by atoms with van der Waals surface area (Å²) in [5.41, 5.74) is 5.38. The zero-order chi connectivity index (χ0) is 26.0. The van der Waals surface area contributed by atoms with Crippen LogP contribution < -0.4 is 16.4 Å². The predicted molar refractivity (Wildman–Crippen MR) is 130 cm³/mol. The number of tetrazole rings is 1. The molecule has 16 nitrogen and oxygen atoms in total. The minimum Gasteiger partial charge on any atom is -0.477 e. The van der Waals surface area contributed by atoms with Gasteiger partial charge in [-0.05, 0) is 10.4 Å². The number of fused-ring (bicyclic) bond motifs is 1. The second-order valence-electron chi connectivity index (χ2n) is 7.14. The molecule has 4 rings (SSSR count). The molecule has 2 aliphatic rings. The van der Waals surface area contributed by atoms with Crippen molar-refractivity contribution < 1.29 is 29.1 Å². The number of nitrogens with two attached hydrogens (primary N) is 1. The van der Waals surface area contributed by atoms with Gasteiger partial charge in [0.25, 0.3) is 11.8 Å². The Kier molecular flexibility index (Phi) is 7.40. The third kappa shape index (κ3) is 4.97. The number of hydrogen-bond donors (Lipinski definition) is 4. The van der Waals surface area contributed by atoms with Gasteiger partial charge in [-0.15, -0.1) is 34.9 Å². The van der Waals surface area contributed by atoms with Gasteiger partial charge in [-0.1, -0.05) is 10.3 Å². The van der Waals surface area contributed by atoms with Crippen LogP contribution in [-0.4, -0.2) is 95.3 Å². The number of anilines is 2. The van der Waals surface area contributed by atoms with Crippen molar-refractivity contribution in [3.8, 4) is 0 Å². The third-order valence-corrected chi connectivity index (χ3v) is 8.10. The molecule has 4 heterocycles. The maximum absolute atomic E-state index is 12.9. The average Bonchev–Trinajstić information content (AvgIpc) is 3.46. The van der Waals surface area contributed by atoms with E-state index in [1.165, 1.54) is 28.9 Å². The lowest BCUT2D eigenvalue weighted by Crippen LogP contribution is -2.72. The summed E-state index contributed by atoms with van der Waals surface area (Å²) in [5.74, 6) is -2.81. The molecule has 19 heteroatoms. The van der Waals surface area contributed by atoms with Gasteiger partial charge in [0.05, 0.1) is 16.0 Å². The third-order valence-electron chi connectivity index (χ3n) is 4.90. The van der Waals surface area contributed by atoms with E-state index in [0.29, 0.717) is 9.99 Å². The van der Waals surface area contributed by atoms with Gasteiger partial charge in [-0.3, -0.25) is 24.6 Å². The number of carbonyl (C=O) groups excluding carboxylic acids is 3. The summed E-state index contributed by atoms with van der Waals surface area (Å²) in [7, 11) is 2.80. The molecular formula is C17H18N10O6S3. The average molecular weight is 555 g/mol. The Morgan fingerprint density at radius 2 is 2.19 bits per heavy atom. The minimum atomic E-state index is -1.33. The second-order valence-corrected chi connectivity index (χ2v) is 10.3. The molecular weight excluding hydrogens is 536 g/mol. The van der Waals surface area contributed by atoms with Gasteiger partial charge in [-0.25, -0.2) is 14.5 Å². The van der Waals surface area contributed by atoms with Gasteiger partial charge in [-0.2, -0.15) is 0 Å². The van der Waals surface area contributed by atoms with Crippen molar-refractivity contribution in [3.63, 3.8) is 0 Å². The number of oxime groups is 1. The predicted octanol–water partition coefficient (Wildman–Crippen LogP) is -1.33. The molecule has 2 unspecified atom stereocenters. The van der Waals surface area contributed by atoms with Gasteiger partial charge in [0.1, 0.15) is 18.8 Å². The quantitative estimate of drug-likeness (QED) is 0.160. The maximum Gasteiger partial charge on any atom is 0.354 e. The van der Waals surface area contributed by atoms with Crippen LogP contribution in [-0.2, 0) is 31.1 Å². The van der Waals surface area contributed by atoms with Gasteiger partial charge < -0.3 is 21.0 Å². The smallest absolute Gasteiger partial charge is 0.354 e. The van der Waals surface area contributed by atoms with Gasteiger partial charge in [0, 0.05) is 18.2 Å². The largest absolute Gasteiger partial charge is 0.477 e. The number of nitrogens with one attached hydrogen (secondary N) is 2. The van der Waals surface area contributed by atoms with E-state index in [1.807, 2.05) is 0 Å². The molecule has 0 bridgehead atoms. The Balaban J connectivity index is 1.44. The van der Waals surface area contributed by atoms with E-state index >= 15 is 0 Å². The van der Waals surface area contributed by atoms with Crippen LogP contribution in [0, 0.1) is 0 Å². The molecule has 2 aromatic heterocycles. The number of amides is 3. The van der Waals surface area contributed by atoms with Crippen LogP contribution in [0.15, 0.2) is 20.5 Å². The zero-order valence-corrected chi connectivity index (χ0v) is 21.0. The fourth-order valence-corrected chi connectivity index (χ4v) is 6.21. The van der Waals surface area contributed by atoms with E-state index in [4.69, 9.17) is 10.6 Å². The number of nitrogen functional groups attached to an aromatic ring is 1. The van der Waals surface area contributed by atoms with Crippen LogP contribution in [0.3, 0.4) is 0 Å². The molecule has 5 N–H and O–H groups in total. The summed E-state index contributed by atoms with van der Waals surface area (Å²) in [5, 5.41) is 30.9. The number of carboxylic acid groups (broad SMARTS) is 1. The number of carboxylic acids is 1. The molecule has 1 fully saturated rings. The highest BCUT2D eigenvalue weighted by molar-refractivity contribution is 8.22. The number of rotatable bonds is 9. The molecule has 0 aromatic carbocycles. The Morgan fingerprint density at radius 1 is 1.42 bits per heavy atom. The van der Waals surface area contributed by atoms with Crippen molar-refractivity contribution in [3.05, 3.63) is 21.0 Å². The van der Waals surface area contributed by atoms with Crippen molar-refractivity contribution in [1.82, 2.24) is 35.4 Å². The summed E-state index contributed by atoms with van der Waals surface area (Å²) >= 11 is 3.25. The lowest BCUT2D eigenvalue weighted by atomic mass is 9.95. The maximum atomic E-state index is 12.9. The summed E-state index contributed by atoms with van der Waals surface area (Å²) in [6.45, 7) is 0. The lowest BCUT2D eigenvalue weighted by Gasteiger charge is -2.49. The molecule has 0 aliphatic carbocycles. The first-order chi connectivity index (χ1) is 17.2. The molecule has 190 valence electrons. The summed E-state index contributed by atoms with van der Waals surface area (Å²) in [6.07, 6.45) is 0. The molecule has 0 saturated carbocycles. The normalized spacial score (nSPS) is 19.4. The number of thiazole rings is 1. The first-order valence-corrected chi connectivity index (χ1v) is 12.8. The van der Waals surface area contributed by atoms with Gasteiger partial charge in [0.2, 0.25) is 11.9 Å². The van der Waals surface area contributed by atoms with E-state index in [2.05, 4.69) is 36.3 Å². The molecule has 1 saturated heterocycles. The van der Waals surface area contributed by atoms with Crippen molar-refractivity contribution in [2.45, 2.75) is 12.1 Å². The fourth-order valence-electron chi connectivity index (χ4n) is 3.31. The Hall–Kier alpha value is -3.71. The number of thioether (sulfide) groups is 2. The molecule has 36 heavy (non-hydrogen) atoms.